The van der Waals surface area contributed by atoms with Gasteiger partial charge in [0.25, 0.3) is 0 Å². The Morgan fingerprint density at radius 3 is 2.37 bits per heavy atom. The van der Waals surface area contributed by atoms with E-state index < -0.39 is 0 Å². The van der Waals surface area contributed by atoms with Crippen molar-refractivity contribution in [2.45, 2.75) is 45.4 Å². The molecule has 0 radical (unpaired) electrons. The lowest BCUT2D eigenvalue weighted by Gasteiger charge is -2.27. The molecule has 1 aromatic heterocycles. The predicted molar refractivity (Wildman–Crippen MR) is 143 cm³/mol. The fourth-order valence-corrected chi connectivity index (χ4v) is 6.34. The van der Waals surface area contributed by atoms with Crippen molar-refractivity contribution < 1.29 is 13.5 Å². The van der Waals surface area contributed by atoms with E-state index in [1.54, 1.807) is 12.1 Å². The van der Waals surface area contributed by atoms with Crippen molar-refractivity contribution in [1.29, 1.82) is 0 Å². The molecule has 0 unspecified atom stereocenters. The zero-order chi connectivity index (χ0) is 24.4. The van der Waals surface area contributed by atoms with Gasteiger partial charge < -0.3 is 4.74 Å². The Morgan fingerprint density at radius 1 is 0.886 bits per heavy atom. The molecule has 3 aromatic carbocycles. The molecule has 1 saturated carbocycles. The fraction of sp³-hybridized carbons (Fsp3) is 0.290. The van der Waals surface area contributed by atoms with Gasteiger partial charge in [-0.2, -0.15) is 0 Å². The molecular formula is C31H30F2OS. The molecule has 5 rings (SSSR count). The maximum Gasteiger partial charge on any atom is 0.132 e. The highest BCUT2D eigenvalue weighted by Gasteiger charge is 2.22. The third-order valence-corrected chi connectivity index (χ3v) is 8.18. The summed E-state index contributed by atoms with van der Waals surface area (Å²) in [5.74, 6) is 1.24. The quantitative estimate of drug-likeness (QED) is 0.245. The maximum atomic E-state index is 15.2. The van der Waals surface area contributed by atoms with Crippen LogP contribution in [0.4, 0.5) is 8.78 Å². The molecule has 4 aromatic rings. The third kappa shape index (κ3) is 5.04. The summed E-state index contributed by atoms with van der Waals surface area (Å²) in [5.41, 5.74) is 2.59. The van der Waals surface area contributed by atoms with Crippen molar-refractivity contribution in [3.8, 4) is 27.3 Å². The molecule has 4 heteroatoms. The Hall–Kier alpha value is -2.98. The van der Waals surface area contributed by atoms with Gasteiger partial charge in [-0.1, -0.05) is 30.4 Å². The summed E-state index contributed by atoms with van der Waals surface area (Å²) < 4.78 is 37.0. The minimum absolute atomic E-state index is 0.282. The van der Waals surface area contributed by atoms with Crippen LogP contribution >= 0.6 is 11.3 Å². The summed E-state index contributed by atoms with van der Waals surface area (Å²) in [4.78, 5) is 0.849. The van der Waals surface area contributed by atoms with E-state index in [-0.39, 0.29) is 11.6 Å². The van der Waals surface area contributed by atoms with Crippen molar-refractivity contribution in [2.24, 2.45) is 5.92 Å². The first-order valence-electron chi connectivity index (χ1n) is 12.4. The van der Waals surface area contributed by atoms with Crippen LogP contribution in [0.25, 0.3) is 31.7 Å². The van der Waals surface area contributed by atoms with Crippen molar-refractivity contribution in [3.05, 3.63) is 90.0 Å². The number of allylic oxidation sites excluding steroid dienone is 2. The summed E-state index contributed by atoms with van der Waals surface area (Å²) in [7, 11) is 0. The SMILES string of the molecule is C/C=C/C1CCC(c2ccc(-c3ccc(-c4cc5ccc(OCC)cc5s4)c(F)c3)c(F)c2)CC1. The number of thiophene rings is 1. The molecule has 1 aliphatic rings. The molecule has 1 heterocycles. The summed E-state index contributed by atoms with van der Waals surface area (Å²) in [6.45, 7) is 4.62. The predicted octanol–water partition coefficient (Wildman–Crippen LogP) is 9.76. The number of halogens is 2. The average Bonchev–Trinajstić information content (AvgIpc) is 3.28. The summed E-state index contributed by atoms with van der Waals surface area (Å²) in [6.07, 6.45) is 8.88. The zero-order valence-electron chi connectivity index (χ0n) is 20.2. The molecule has 1 aliphatic carbocycles. The highest BCUT2D eigenvalue weighted by molar-refractivity contribution is 7.22. The Labute approximate surface area is 210 Å². The van der Waals surface area contributed by atoms with Gasteiger partial charge in [-0.15, -0.1) is 11.3 Å². The second kappa shape index (κ2) is 10.3. The molecule has 0 bridgehead atoms. The van der Waals surface area contributed by atoms with E-state index in [0.717, 1.165) is 52.0 Å². The van der Waals surface area contributed by atoms with Crippen LogP contribution in [-0.2, 0) is 0 Å². The molecule has 0 aliphatic heterocycles. The fourth-order valence-electron chi connectivity index (χ4n) is 5.22. The van der Waals surface area contributed by atoms with Gasteiger partial charge in [-0.25, -0.2) is 8.78 Å². The maximum absolute atomic E-state index is 15.2. The molecule has 0 amide bonds. The molecular weight excluding hydrogens is 458 g/mol. The Kier molecular flexibility index (Phi) is 7.01. The van der Waals surface area contributed by atoms with Crippen LogP contribution in [-0.4, -0.2) is 6.61 Å². The molecule has 0 N–H and O–H groups in total. The van der Waals surface area contributed by atoms with Crippen molar-refractivity contribution >= 4 is 21.4 Å². The van der Waals surface area contributed by atoms with Crippen molar-refractivity contribution in [1.82, 2.24) is 0 Å². The van der Waals surface area contributed by atoms with Crippen LogP contribution < -0.4 is 4.74 Å². The van der Waals surface area contributed by atoms with Crippen LogP contribution in [0.2, 0.25) is 0 Å². The van der Waals surface area contributed by atoms with Crippen LogP contribution in [0, 0.1) is 17.6 Å². The number of ether oxygens (including phenoxy) is 1. The third-order valence-electron chi connectivity index (χ3n) is 7.05. The monoisotopic (exact) mass is 488 g/mol. The molecule has 0 saturated heterocycles. The molecule has 0 spiro atoms. The lowest BCUT2D eigenvalue weighted by molar-refractivity contribution is 0.341. The topological polar surface area (TPSA) is 9.23 Å². The van der Waals surface area contributed by atoms with Gasteiger partial charge in [-0.3, -0.25) is 0 Å². The van der Waals surface area contributed by atoms with Crippen LogP contribution in [0.1, 0.15) is 51.0 Å². The minimum Gasteiger partial charge on any atom is -0.494 e. The van der Waals surface area contributed by atoms with Gasteiger partial charge >= 0.3 is 0 Å². The van der Waals surface area contributed by atoms with Gasteiger partial charge in [0, 0.05) is 20.7 Å². The van der Waals surface area contributed by atoms with E-state index in [1.807, 2.05) is 49.4 Å². The summed E-state index contributed by atoms with van der Waals surface area (Å²) in [6, 6.07) is 18.4. The zero-order valence-corrected chi connectivity index (χ0v) is 21.0. The normalized spacial score (nSPS) is 18.4. The molecule has 1 nitrogen and oxygen atoms in total. The Morgan fingerprint density at radius 2 is 1.66 bits per heavy atom. The second-order valence-electron chi connectivity index (χ2n) is 9.31. The molecule has 0 atom stereocenters. The minimum atomic E-state index is -0.343. The highest BCUT2D eigenvalue weighted by Crippen LogP contribution is 2.40. The number of hydrogen-bond acceptors (Lipinski definition) is 2. The average molecular weight is 489 g/mol. The highest BCUT2D eigenvalue weighted by atomic mass is 32.1. The molecule has 35 heavy (non-hydrogen) atoms. The van der Waals surface area contributed by atoms with Gasteiger partial charge in [0.1, 0.15) is 17.4 Å². The summed E-state index contributed by atoms with van der Waals surface area (Å²) >= 11 is 1.53. The van der Waals surface area contributed by atoms with Gasteiger partial charge in [0.2, 0.25) is 0 Å². The number of hydrogen-bond donors (Lipinski definition) is 0. The lowest BCUT2D eigenvalue weighted by atomic mass is 9.78. The van der Waals surface area contributed by atoms with Crippen LogP contribution in [0.5, 0.6) is 5.75 Å². The number of fused-ring (bicyclic) bond motifs is 1. The van der Waals surface area contributed by atoms with E-state index in [1.165, 1.54) is 17.4 Å². The van der Waals surface area contributed by atoms with Gasteiger partial charge in [-0.05, 0) is 110 Å². The van der Waals surface area contributed by atoms with E-state index in [4.69, 9.17) is 4.74 Å². The van der Waals surface area contributed by atoms with E-state index >= 15 is 8.78 Å². The van der Waals surface area contributed by atoms with E-state index in [9.17, 15) is 0 Å². The largest absolute Gasteiger partial charge is 0.494 e. The van der Waals surface area contributed by atoms with Crippen molar-refractivity contribution in [3.63, 3.8) is 0 Å². The van der Waals surface area contributed by atoms with Crippen LogP contribution in [0.3, 0.4) is 0 Å². The first kappa shape index (κ1) is 23.7. The smallest absolute Gasteiger partial charge is 0.132 e. The molecule has 1 fully saturated rings. The van der Waals surface area contributed by atoms with Gasteiger partial charge in [0.15, 0.2) is 0 Å². The Balaban J connectivity index is 1.37. The number of benzene rings is 3. The first-order chi connectivity index (χ1) is 17.1. The standard InChI is InChI=1S/C31H30F2OS/c1-3-5-20-6-8-21(9-7-20)22-11-14-26(28(32)16-22)23-12-15-27(29(33)17-23)31-18-24-10-13-25(34-4-2)19-30(24)35-31/h3,5,10-21H,4,6-9H2,1-2H3/b5-3+. The van der Waals surface area contributed by atoms with Crippen LogP contribution in [0.15, 0.2) is 72.8 Å². The van der Waals surface area contributed by atoms with Gasteiger partial charge in [0.05, 0.1) is 6.61 Å². The first-order valence-corrected chi connectivity index (χ1v) is 13.3. The second-order valence-corrected chi connectivity index (χ2v) is 10.4. The summed E-state index contributed by atoms with van der Waals surface area (Å²) in [5, 5.41) is 1.05. The van der Waals surface area contributed by atoms with E-state index in [0.29, 0.717) is 35.1 Å². The van der Waals surface area contributed by atoms with E-state index in [2.05, 4.69) is 19.1 Å². The van der Waals surface area contributed by atoms with Crippen molar-refractivity contribution in [2.75, 3.05) is 6.61 Å². The Bertz CT molecular complexity index is 1360. The molecule has 180 valence electrons. The number of rotatable bonds is 6. The lowest BCUT2D eigenvalue weighted by Crippen LogP contribution is -2.12.